The summed E-state index contributed by atoms with van der Waals surface area (Å²) in [6.45, 7) is 3.89. The molecule has 0 bridgehead atoms. The van der Waals surface area contributed by atoms with Crippen LogP contribution in [0.25, 0.3) is 0 Å². The van der Waals surface area contributed by atoms with E-state index < -0.39 is 4.92 Å². The van der Waals surface area contributed by atoms with Crippen LogP contribution in [0.3, 0.4) is 0 Å². The van der Waals surface area contributed by atoms with E-state index in [0.29, 0.717) is 25.5 Å². The van der Waals surface area contributed by atoms with Crippen molar-refractivity contribution in [3.05, 3.63) is 34.6 Å². The Kier molecular flexibility index (Phi) is 5.02. The molecule has 21 heavy (non-hydrogen) atoms. The van der Waals surface area contributed by atoms with Crippen molar-refractivity contribution in [3.63, 3.8) is 0 Å². The summed E-state index contributed by atoms with van der Waals surface area (Å²) in [6.07, 6.45) is 4.14. The zero-order valence-corrected chi connectivity index (χ0v) is 11.7. The van der Waals surface area contributed by atoms with Crippen LogP contribution in [0.1, 0.15) is 13.3 Å². The summed E-state index contributed by atoms with van der Waals surface area (Å²) in [5.41, 5.74) is -0.0302. The van der Waals surface area contributed by atoms with E-state index in [1.165, 1.54) is 6.07 Å². The molecule has 0 atom stereocenters. The average Bonchev–Trinajstić information content (AvgIpc) is 2.97. The highest BCUT2D eigenvalue weighted by molar-refractivity contribution is 5.60. The molecule has 9 nitrogen and oxygen atoms in total. The van der Waals surface area contributed by atoms with Crippen LogP contribution in [-0.4, -0.2) is 38.0 Å². The molecular weight excluding hydrogens is 274 g/mol. The second-order valence-electron chi connectivity index (χ2n) is 4.30. The van der Waals surface area contributed by atoms with Crippen LogP contribution < -0.4 is 10.6 Å². The predicted molar refractivity (Wildman–Crippen MR) is 78.2 cm³/mol. The third kappa shape index (κ3) is 4.13. The SMILES string of the molecule is CCNc1ccc([N+](=O)[O-])c(NCCCn2ccnn2)n1. The van der Waals surface area contributed by atoms with Gasteiger partial charge in [0.2, 0.25) is 5.82 Å². The summed E-state index contributed by atoms with van der Waals surface area (Å²) in [6, 6.07) is 3.05. The number of rotatable bonds is 8. The molecule has 0 amide bonds. The number of hydrogen-bond acceptors (Lipinski definition) is 7. The Morgan fingerprint density at radius 2 is 2.24 bits per heavy atom. The molecular formula is C12H17N7O2. The van der Waals surface area contributed by atoms with Crippen LogP contribution in [0.2, 0.25) is 0 Å². The van der Waals surface area contributed by atoms with Gasteiger partial charge >= 0.3 is 5.69 Å². The second-order valence-corrected chi connectivity index (χ2v) is 4.30. The zero-order valence-electron chi connectivity index (χ0n) is 11.7. The minimum Gasteiger partial charge on any atom is -0.370 e. The topological polar surface area (TPSA) is 111 Å². The summed E-state index contributed by atoms with van der Waals surface area (Å²) in [4.78, 5) is 14.8. The summed E-state index contributed by atoms with van der Waals surface area (Å²) >= 11 is 0. The minimum atomic E-state index is -0.442. The third-order valence-electron chi connectivity index (χ3n) is 2.76. The smallest absolute Gasteiger partial charge is 0.311 e. The van der Waals surface area contributed by atoms with Crippen LogP contribution in [0, 0.1) is 10.1 Å². The number of nitrogens with one attached hydrogen (secondary N) is 2. The van der Waals surface area contributed by atoms with Gasteiger partial charge in [-0.3, -0.25) is 14.8 Å². The van der Waals surface area contributed by atoms with Crippen LogP contribution in [0.15, 0.2) is 24.5 Å². The molecule has 2 N–H and O–H groups in total. The lowest BCUT2D eigenvalue weighted by Crippen LogP contribution is -2.11. The Balaban J connectivity index is 1.96. The summed E-state index contributed by atoms with van der Waals surface area (Å²) in [5.74, 6) is 0.888. The van der Waals surface area contributed by atoms with Gasteiger partial charge in [-0.25, -0.2) is 4.98 Å². The van der Waals surface area contributed by atoms with Crippen LogP contribution in [-0.2, 0) is 6.54 Å². The van der Waals surface area contributed by atoms with Crippen molar-refractivity contribution in [2.24, 2.45) is 0 Å². The average molecular weight is 291 g/mol. The molecule has 112 valence electrons. The number of hydrogen-bond donors (Lipinski definition) is 2. The van der Waals surface area contributed by atoms with Gasteiger partial charge in [-0.2, -0.15) is 0 Å². The molecule has 0 aromatic carbocycles. The van der Waals surface area contributed by atoms with Crippen molar-refractivity contribution in [1.82, 2.24) is 20.0 Å². The summed E-state index contributed by atoms with van der Waals surface area (Å²) in [5, 5.41) is 24.6. The van der Waals surface area contributed by atoms with Crippen molar-refractivity contribution in [3.8, 4) is 0 Å². The first kappa shape index (κ1) is 14.7. The van der Waals surface area contributed by atoms with Gasteiger partial charge in [-0.15, -0.1) is 5.10 Å². The molecule has 0 aliphatic rings. The van der Waals surface area contributed by atoms with Gasteiger partial charge in [0.15, 0.2) is 0 Å². The monoisotopic (exact) mass is 291 g/mol. The van der Waals surface area contributed by atoms with Gasteiger partial charge in [0.1, 0.15) is 5.82 Å². The molecule has 2 aromatic heterocycles. The van der Waals surface area contributed by atoms with Crippen molar-refractivity contribution in [1.29, 1.82) is 0 Å². The van der Waals surface area contributed by atoms with Gasteiger partial charge in [0.25, 0.3) is 0 Å². The number of nitrogens with zero attached hydrogens (tertiary/aromatic N) is 5. The van der Waals surface area contributed by atoms with Crippen LogP contribution in [0.4, 0.5) is 17.3 Å². The molecule has 2 rings (SSSR count). The summed E-state index contributed by atoms with van der Waals surface area (Å²) < 4.78 is 1.71. The lowest BCUT2D eigenvalue weighted by atomic mass is 10.3. The third-order valence-corrected chi connectivity index (χ3v) is 2.76. The Morgan fingerprint density at radius 3 is 2.90 bits per heavy atom. The van der Waals surface area contributed by atoms with Gasteiger partial charge in [0, 0.05) is 31.9 Å². The molecule has 0 radical (unpaired) electrons. The van der Waals surface area contributed by atoms with E-state index in [1.807, 2.05) is 6.92 Å². The fourth-order valence-electron chi connectivity index (χ4n) is 1.81. The van der Waals surface area contributed by atoms with Crippen molar-refractivity contribution >= 4 is 17.3 Å². The van der Waals surface area contributed by atoms with Gasteiger partial charge < -0.3 is 10.6 Å². The quantitative estimate of drug-likeness (QED) is 0.431. The number of nitro groups is 1. The van der Waals surface area contributed by atoms with Crippen LogP contribution in [0.5, 0.6) is 0 Å². The van der Waals surface area contributed by atoms with Gasteiger partial charge in [0.05, 0.1) is 11.1 Å². The largest absolute Gasteiger partial charge is 0.370 e. The van der Waals surface area contributed by atoms with Crippen molar-refractivity contribution < 1.29 is 4.92 Å². The second kappa shape index (κ2) is 7.17. The molecule has 9 heteroatoms. The normalized spacial score (nSPS) is 10.3. The molecule has 0 saturated heterocycles. The fourth-order valence-corrected chi connectivity index (χ4v) is 1.81. The molecule has 0 fully saturated rings. The first-order valence-electron chi connectivity index (χ1n) is 6.68. The first-order chi connectivity index (χ1) is 10.2. The maximum Gasteiger partial charge on any atom is 0.311 e. The standard InChI is InChI=1S/C12H17N7O2/c1-2-13-11-5-4-10(19(20)21)12(16-11)14-6-3-8-18-9-7-15-17-18/h4-5,7,9H,2-3,6,8H2,1H3,(H2,13,14,16). The highest BCUT2D eigenvalue weighted by Crippen LogP contribution is 2.23. The molecule has 0 aliphatic heterocycles. The summed E-state index contributed by atoms with van der Waals surface area (Å²) in [7, 11) is 0. The van der Waals surface area contributed by atoms with Gasteiger partial charge in [-0.05, 0) is 19.4 Å². The molecule has 0 unspecified atom stereocenters. The fraction of sp³-hybridized carbons (Fsp3) is 0.417. The molecule has 2 heterocycles. The maximum atomic E-state index is 11.0. The van der Waals surface area contributed by atoms with E-state index in [1.54, 1.807) is 23.1 Å². The number of anilines is 2. The lowest BCUT2D eigenvalue weighted by Gasteiger charge is -2.08. The highest BCUT2D eigenvalue weighted by Gasteiger charge is 2.15. The van der Waals surface area contributed by atoms with E-state index >= 15 is 0 Å². The number of aryl methyl sites for hydroxylation is 1. The van der Waals surface area contributed by atoms with E-state index in [2.05, 4.69) is 25.9 Å². The van der Waals surface area contributed by atoms with E-state index in [0.717, 1.165) is 6.42 Å². The van der Waals surface area contributed by atoms with E-state index in [9.17, 15) is 10.1 Å². The first-order valence-corrected chi connectivity index (χ1v) is 6.68. The predicted octanol–water partition coefficient (Wildman–Crippen LogP) is 1.52. The molecule has 2 aromatic rings. The Bertz CT molecular complexity index is 585. The number of aromatic nitrogens is 4. The Labute approximate surface area is 121 Å². The lowest BCUT2D eigenvalue weighted by molar-refractivity contribution is -0.384. The van der Waals surface area contributed by atoms with Gasteiger partial charge in [-0.1, -0.05) is 5.21 Å². The van der Waals surface area contributed by atoms with Crippen LogP contribution >= 0.6 is 0 Å². The Morgan fingerprint density at radius 1 is 1.38 bits per heavy atom. The Hall–Kier alpha value is -2.71. The molecule has 0 spiro atoms. The van der Waals surface area contributed by atoms with E-state index in [4.69, 9.17) is 0 Å². The zero-order chi connectivity index (χ0) is 15.1. The van der Waals surface area contributed by atoms with Crippen molar-refractivity contribution in [2.75, 3.05) is 23.7 Å². The highest BCUT2D eigenvalue weighted by atomic mass is 16.6. The maximum absolute atomic E-state index is 11.0. The molecule has 0 saturated carbocycles. The minimum absolute atomic E-state index is 0.0302. The van der Waals surface area contributed by atoms with Crippen molar-refractivity contribution in [2.45, 2.75) is 19.9 Å². The van der Waals surface area contributed by atoms with E-state index in [-0.39, 0.29) is 11.5 Å². The number of pyridine rings is 1. The molecule has 0 aliphatic carbocycles.